The van der Waals surface area contributed by atoms with Crippen molar-refractivity contribution in [1.29, 1.82) is 0 Å². The summed E-state index contributed by atoms with van der Waals surface area (Å²) in [7, 11) is 0. The molecular formula is C17H32O2. The van der Waals surface area contributed by atoms with E-state index in [9.17, 15) is 4.79 Å². The minimum absolute atomic E-state index is 0.00370. The van der Waals surface area contributed by atoms with Crippen molar-refractivity contribution in [1.82, 2.24) is 0 Å². The van der Waals surface area contributed by atoms with Crippen molar-refractivity contribution in [2.75, 3.05) is 0 Å². The summed E-state index contributed by atoms with van der Waals surface area (Å²) in [5, 5.41) is 0. The van der Waals surface area contributed by atoms with Gasteiger partial charge in [-0.25, -0.2) is 0 Å². The van der Waals surface area contributed by atoms with Gasteiger partial charge in [-0.05, 0) is 58.3 Å². The zero-order valence-corrected chi connectivity index (χ0v) is 13.7. The van der Waals surface area contributed by atoms with E-state index in [0.717, 1.165) is 25.7 Å². The van der Waals surface area contributed by atoms with Crippen LogP contribution in [0.1, 0.15) is 80.1 Å². The number of carbonyl (C=O) groups is 1. The van der Waals surface area contributed by atoms with Gasteiger partial charge in [0.2, 0.25) is 0 Å². The van der Waals surface area contributed by atoms with Gasteiger partial charge in [-0.3, -0.25) is 4.79 Å². The highest BCUT2D eigenvalue weighted by atomic mass is 16.6. The fourth-order valence-corrected chi connectivity index (χ4v) is 3.44. The molecule has 0 radical (unpaired) electrons. The lowest BCUT2D eigenvalue weighted by Gasteiger charge is -2.41. The molecule has 1 aliphatic carbocycles. The lowest BCUT2D eigenvalue weighted by atomic mass is 9.76. The summed E-state index contributed by atoms with van der Waals surface area (Å²) >= 11 is 0. The predicted octanol–water partition coefficient (Wildman–Crippen LogP) is 4.96. The number of esters is 1. The summed E-state index contributed by atoms with van der Waals surface area (Å²) in [6.07, 6.45) is 6.43. The summed E-state index contributed by atoms with van der Waals surface area (Å²) in [6.45, 7) is 12.8. The standard InChI is InChI=1S/C17H32O2/c1-7-14(13(3)4)17(11-9-10-12-17)19-15(18)16(5,6)8-2/h13-14H,7-12H2,1-6H3. The molecule has 0 saturated heterocycles. The van der Waals surface area contributed by atoms with Crippen LogP contribution in [0.15, 0.2) is 0 Å². The molecule has 0 aliphatic heterocycles. The van der Waals surface area contributed by atoms with Gasteiger partial charge in [0.05, 0.1) is 5.41 Å². The van der Waals surface area contributed by atoms with E-state index >= 15 is 0 Å². The summed E-state index contributed by atoms with van der Waals surface area (Å²) in [4.78, 5) is 12.5. The molecule has 112 valence electrons. The average molecular weight is 268 g/mol. The Balaban J connectivity index is 2.92. The number of carbonyl (C=O) groups excluding carboxylic acids is 1. The first-order chi connectivity index (χ1) is 8.79. The topological polar surface area (TPSA) is 26.3 Å². The molecule has 1 atom stereocenters. The third-order valence-corrected chi connectivity index (χ3v) is 5.10. The van der Waals surface area contributed by atoms with E-state index in [1.165, 1.54) is 12.8 Å². The highest BCUT2D eigenvalue weighted by molar-refractivity contribution is 5.76. The van der Waals surface area contributed by atoms with Crippen molar-refractivity contribution < 1.29 is 9.53 Å². The van der Waals surface area contributed by atoms with Crippen LogP contribution >= 0.6 is 0 Å². The highest BCUT2D eigenvalue weighted by Crippen LogP contribution is 2.45. The molecule has 1 fully saturated rings. The second-order valence-electron chi connectivity index (χ2n) is 7.16. The largest absolute Gasteiger partial charge is 0.458 e. The van der Waals surface area contributed by atoms with Crippen LogP contribution < -0.4 is 0 Å². The molecule has 0 bridgehead atoms. The van der Waals surface area contributed by atoms with Crippen LogP contribution in [0.25, 0.3) is 0 Å². The van der Waals surface area contributed by atoms with Gasteiger partial charge in [0.15, 0.2) is 0 Å². The summed E-state index contributed by atoms with van der Waals surface area (Å²) in [5.41, 5.74) is -0.544. The third kappa shape index (κ3) is 3.52. The summed E-state index contributed by atoms with van der Waals surface area (Å²) in [6, 6.07) is 0. The Morgan fingerprint density at radius 3 is 2.11 bits per heavy atom. The zero-order valence-electron chi connectivity index (χ0n) is 13.7. The molecule has 1 unspecified atom stereocenters. The number of ether oxygens (including phenoxy) is 1. The van der Waals surface area contributed by atoms with Gasteiger partial charge in [0.1, 0.15) is 5.60 Å². The summed E-state index contributed by atoms with van der Waals surface area (Å²) in [5.74, 6) is 1.06. The zero-order chi connectivity index (χ0) is 14.7. The van der Waals surface area contributed by atoms with Gasteiger partial charge in [-0.1, -0.05) is 27.7 Å². The monoisotopic (exact) mass is 268 g/mol. The van der Waals surface area contributed by atoms with E-state index in [0.29, 0.717) is 11.8 Å². The van der Waals surface area contributed by atoms with E-state index < -0.39 is 0 Å². The Kier molecular flexibility index (Phi) is 5.46. The van der Waals surface area contributed by atoms with E-state index in [2.05, 4.69) is 27.7 Å². The van der Waals surface area contributed by atoms with Crippen LogP contribution in [0.4, 0.5) is 0 Å². The van der Waals surface area contributed by atoms with Crippen molar-refractivity contribution in [3.05, 3.63) is 0 Å². The molecule has 1 rings (SSSR count). The van der Waals surface area contributed by atoms with Crippen molar-refractivity contribution in [3.8, 4) is 0 Å². The van der Waals surface area contributed by atoms with Gasteiger partial charge >= 0.3 is 5.97 Å². The maximum absolute atomic E-state index is 12.5. The molecule has 1 aliphatic rings. The number of rotatable bonds is 6. The predicted molar refractivity (Wildman–Crippen MR) is 80.0 cm³/mol. The van der Waals surface area contributed by atoms with Gasteiger partial charge in [0, 0.05) is 5.92 Å². The third-order valence-electron chi connectivity index (χ3n) is 5.10. The van der Waals surface area contributed by atoms with Crippen LogP contribution in [0.3, 0.4) is 0 Å². The SMILES string of the molecule is CCC(C(C)C)C1(OC(=O)C(C)(C)CC)CCCC1. The van der Waals surface area contributed by atoms with Crippen LogP contribution in [-0.4, -0.2) is 11.6 Å². The fourth-order valence-electron chi connectivity index (χ4n) is 3.44. The molecule has 0 aromatic rings. The lowest BCUT2D eigenvalue weighted by molar-refractivity contribution is -0.179. The normalized spacial score (nSPS) is 20.6. The van der Waals surface area contributed by atoms with Crippen molar-refractivity contribution >= 4 is 5.97 Å². The van der Waals surface area contributed by atoms with E-state index in [1.807, 2.05) is 13.8 Å². The second kappa shape index (κ2) is 6.28. The quantitative estimate of drug-likeness (QED) is 0.636. The van der Waals surface area contributed by atoms with E-state index in [4.69, 9.17) is 4.74 Å². The minimum atomic E-state index is -0.356. The van der Waals surface area contributed by atoms with Crippen molar-refractivity contribution in [3.63, 3.8) is 0 Å². The average Bonchev–Trinajstić information content (AvgIpc) is 2.78. The highest BCUT2D eigenvalue weighted by Gasteiger charge is 2.46. The van der Waals surface area contributed by atoms with Crippen molar-refractivity contribution in [2.45, 2.75) is 85.7 Å². The van der Waals surface area contributed by atoms with Gasteiger partial charge in [-0.15, -0.1) is 0 Å². The molecule has 19 heavy (non-hydrogen) atoms. The first-order valence-electron chi connectivity index (χ1n) is 8.02. The van der Waals surface area contributed by atoms with Crippen LogP contribution in [-0.2, 0) is 9.53 Å². The van der Waals surface area contributed by atoms with Crippen LogP contribution in [0.5, 0.6) is 0 Å². The van der Waals surface area contributed by atoms with Crippen LogP contribution in [0, 0.1) is 17.3 Å². The smallest absolute Gasteiger partial charge is 0.312 e. The van der Waals surface area contributed by atoms with Crippen molar-refractivity contribution in [2.24, 2.45) is 17.3 Å². The molecule has 0 amide bonds. The first-order valence-corrected chi connectivity index (χ1v) is 8.02. The Morgan fingerprint density at radius 2 is 1.74 bits per heavy atom. The minimum Gasteiger partial charge on any atom is -0.458 e. The first kappa shape index (κ1) is 16.5. The number of hydrogen-bond donors (Lipinski definition) is 0. The molecule has 0 N–H and O–H groups in total. The second-order valence-corrected chi connectivity index (χ2v) is 7.16. The van der Waals surface area contributed by atoms with Crippen LogP contribution in [0.2, 0.25) is 0 Å². The van der Waals surface area contributed by atoms with Gasteiger partial charge < -0.3 is 4.74 Å². The molecule has 1 saturated carbocycles. The summed E-state index contributed by atoms with van der Waals surface area (Å²) < 4.78 is 6.13. The Bertz CT molecular complexity index is 298. The number of hydrogen-bond acceptors (Lipinski definition) is 2. The maximum Gasteiger partial charge on any atom is 0.312 e. The van der Waals surface area contributed by atoms with Gasteiger partial charge in [0.25, 0.3) is 0 Å². The van der Waals surface area contributed by atoms with E-state index in [1.54, 1.807) is 0 Å². The molecule has 2 heteroatoms. The molecule has 0 spiro atoms. The molecular weight excluding hydrogens is 236 g/mol. The van der Waals surface area contributed by atoms with E-state index in [-0.39, 0.29) is 17.0 Å². The lowest BCUT2D eigenvalue weighted by Crippen LogP contribution is -2.45. The maximum atomic E-state index is 12.5. The Labute approximate surface area is 119 Å². The Hall–Kier alpha value is -0.530. The Morgan fingerprint density at radius 1 is 1.21 bits per heavy atom. The van der Waals surface area contributed by atoms with Gasteiger partial charge in [-0.2, -0.15) is 0 Å². The molecule has 0 aromatic carbocycles. The molecule has 0 aromatic heterocycles. The fraction of sp³-hybridized carbons (Fsp3) is 0.941. The molecule has 0 heterocycles. The molecule has 2 nitrogen and oxygen atoms in total.